The van der Waals surface area contributed by atoms with Gasteiger partial charge in [0.2, 0.25) is 0 Å². The van der Waals surface area contributed by atoms with E-state index in [1.54, 1.807) is 19.1 Å². The fraction of sp³-hybridized carbons (Fsp3) is 0.207. The number of rotatable bonds is 8. The number of hydrogen-bond acceptors (Lipinski definition) is 6. The van der Waals surface area contributed by atoms with Crippen molar-refractivity contribution in [3.05, 3.63) is 112 Å². The number of carbonyl (C=O) groups is 2. The molecule has 4 aromatic rings. The van der Waals surface area contributed by atoms with Gasteiger partial charge in [-0.05, 0) is 42.2 Å². The Bertz CT molecular complexity index is 1410. The summed E-state index contributed by atoms with van der Waals surface area (Å²) in [4.78, 5) is 37.6. The van der Waals surface area contributed by atoms with E-state index in [9.17, 15) is 14.4 Å². The van der Waals surface area contributed by atoms with E-state index in [-0.39, 0.29) is 12.4 Å². The summed E-state index contributed by atoms with van der Waals surface area (Å²) in [5.41, 5.74) is 3.14. The summed E-state index contributed by atoms with van der Waals surface area (Å²) in [6.07, 6.45) is 0.0595. The molecule has 1 aromatic heterocycles. The third kappa shape index (κ3) is 5.99. The zero-order chi connectivity index (χ0) is 25.5. The molecule has 1 amide bonds. The number of nitrogens with one attached hydrogen (secondary N) is 1. The van der Waals surface area contributed by atoms with Crippen LogP contribution in [-0.4, -0.2) is 18.1 Å². The van der Waals surface area contributed by atoms with Crippen molar-refractivity contribution >= 4 is 23.0 Å². The smallest absolute Gasteiger partial charge is 0.408 e. The summed E-state index contributed by atoms with van der Waals surface area (Å²) in [6, 6.07) is 22.9. The second kappa shape index (κ2) is 11.4. The highest BCUT2D eigenvalue weighted by molar-refractivity contribution is 5.85. The molecule has 1 unspecified atom stereocenters. The van der Waals surface area contributed by atoms with Gasteiger partial charge < -0.3 is 19.2 Å². The van der Waals surface area contributed by atoms with E-state index >= 15 is 0 Å². The molecule has 0 spiro atoms. The van der Waals surface area contributed by atoms with E-state index in [2.05, 4.69) is 5.32 Å². The maximum atomic E-state index is 12.7. The van der Waals surface area contributed by atoms with Gasteiger partial charge in [0, 0.05) is 23.4 Å². The lowest BCUT2D eigenvalue weighted by atomic mass is 10.00. The van der Waals surface area contributed by atoms with Gasteiger partial charge in [0.15, 0.2) is 0 Å². The molecule has 0 fully saturated rings. The third-order valence-electron chi connectivity index (χ3n) is 5.90. The summed E-state index contributed by atoms with van der Waals surface area (Å²) < 4.78 is 16.2. The zero-order valence-electron chi connectivity index (χ0n) is 20.2. The molecule has 0 aliphatic rings. The minimum absolute atomic E-state index is 0.0907. The van der Waals surface area contributed by atoms with Gasteiger partial charge in [-0.1, -0.05) is 67.6 Å². The van der Waals surface area contributed by atoms with E-state index < -0.39 is 23.7 Å². The van der Waals surface area contributed by atoms with E-state index in [4.69, 9.17) is 13.9 Å². The number of esters is 1. The Morgan fingerprint density at radius 3 is 2.28 bits per heavy atom. The maximum Gasteiger partial charge on any atom is 0.408 e. The van der Waals surface area contributed by atoms with Crippen LogP contribution in [0.1, 0.15) is 35.6 Å². The van der Waals surface area contributed by atoms with E-state index in [1.807, 2.05) is 67.6 Å². The Morgan fingerprint density at radius 2 is 1.61 bits per heavy atom. The van der Waals surface area contributed by atoms with Crippen LogP contribution in [-0.2, 0) is 22.6 Å². The third-order valence-corrected chi connectivity index (χ3v) is 5.90. The molecule has 0 saturated carbocycles. The second-order valence-corrected chi connectivity index (χ2v) is 8.40. The molecule has 7 heteroatoms. The molecule has 1 atom stereocenters. The summed E-state index contributed by atoms with van der Waals surface area (Å²) in [6.45, 7) is 3.72. The van der Waals surface area contributed by atoms with Crippen LogP contribution in [0.5, 0.6) is 5.75 Å². The van der Waals surface area contributed by atoms with Crippen molar-refractivity contribution in [1.29, 1.82) is 0 Å². The average Bonchev–Trinajstić information content (AvgIpc) is 2.89. The first-order valence-electron chi connectivity index (χ1n) is 11.7. The van der Waals surface area contributed by atoms with Crippen molar-refractivity contribution in [2.24, 2.45) is 0 Å². The lowest BCUT2D eigenvalue weighted by Gasteiger charge is -2.16. The fourth-order valence-electron chi connectivity index (χ4n) is 3.86. The molecule has 4 rings (SSSR count). The van der Waals surface area contributed by atoms with Crippen LogP contribution < -0.4 is 15.7 Å². The first-order valence-corrected chi connectivity index (χ1v) is 11.7. The second-order valence-electron chi connectivity index (χ2n) is 8.40. The van der Waals surface area contributed by atoms with Crippen molar-refractivity contribution in [3.8, 4) is 5.75 Å². The summed E-state index contributed by atoms with van der Waals surface area (Å²) in [5.74, 6) is -0.433. The number of alkyl carbamates (subject to hydrolysis) is 1. The number of ether oxygens (including phenoxy) is 2. The van der Waals surface area contributed by atoms with Crippen LogP contribution in [0.15, 0.2) is 88.1 Å². The lowest BCUT2D eigenvalue weighted by molar-refractivity contribution is -0.136. The van der Waals surface area contributed by atoms with Crippen LogP contribution >= 0.6 is 0 Å². The lowest BCUT2D eigenvalue weighted by Crippen LogP contribution is -2.42. The number of benzene rings is 3. The van der Waals surface area contributed by atoms with E-state index in [1.165, 1.54) is 6.07 Å². The Balaban J connectivity index is 1.44. The van der Waals surface area contributed by atoms with Crippen LogP contribution in [0.2, 0.25) is 0 Å². The van der Waals surface area contributed by atoms with Crippen LogP contribution in [0.3, 0.4) is 0 Å². The monoisotopic (exact) mass is 485 g/mol. The van der Waals surface area contributed by atoms with Crippen LogP contribution in [0.25, 0.3) is 11.0 Å². The maximum absolute atomic E-state index is 12.7. The minimum Gasteiger partial charge on any atom is -0.445 e. The molecule has 0 bridgehead atoms. The largest absolute Gasteiger partial charge is 0.445 e. The molecule has 36 heavy (non-hydrogen) atoms. The van der Waals surface area contributed by atoms with Crippen molar-refractivity contribution in [2.45, 2.75) is 39.3 Å². The standard InChI is InChI=1S/C29H27NO6/c1-3-25(30-29(33)34-18-21-12-8-5-9-13-21)28(32)35-22-14-15-23-19(2)24(27(31)36-26(23)17-22)16-20-10-6-4-7-11-20/h4-15,17,25H,3,16,18H2,1-2H3,(H,30,33). The molecule has 0 aliphatic carbocycles. The van der Waals surface area contributed by atoms with Crippen molar-refractivity contribution < 1.29 is 23.5 Å². The first kappa shape index (κ1) is 24.7. The fourth-order valence-corrected chi connectivity index (χ4v) is 3.86. The molecule has 0 radical (unpaired) electrons. The molecule has 0 aliphatic heterocycles. The highest BCUT2D eigenvalue weighted by Crippen LogP contribution is 2.25. The van der Waals surface area contributed by atoms with Gasteiger partial charge in [-0.3, -0.25) is 0 Å². The molecule has 7 nitrogen and oxygen atoms in total. The molecule has 1 N–H and O–H groups in total. The Labute approximate surface area is 208 Å². The van der Waals surface area contributed by atoms with Gasteiger partial charge in [0.25, 0.3) is 0 Å². The van der Waals surface area contributed by atoms with Crippen molar-refractivity contribution in [1.82, 2.24) is 5.32 Å². The SMILES string of the molecule is CCC(NC(=O)OCc1ccccc1)C(=O)Oc1ccc2c(C)c(Cc3ccccc3)c(=O)oc2c1. The highest BCUT2D eigenvalue weighted by atomic mass is 16.6. The Kier molecular flexibility index (Phi) is 7.80. The van der Waals surface area contributed by atoms with Gasteiger partial charge in [-0.25, -0.2) is 14.4 Å². The normalized spacial score (nSPS) is 11.6. The molecular weight excluding hydrogens is 458 g/mol. The predicted molar refractivity (Wildman–Crippen MR) is 136 cm³/mol. The topological polar surface area (TPSA) is 94.8 Å². The quantitative estimate of drug-likeness (QED) is 0.207. The Hall–Kier alpha value is -4.39. The first-order chi connectivity index (χ1) is 17.4. The minimum atomic E-state index is -0.897. The molecular formula is C29H27NO6. The van der Waals surface area contributed by atoms with E-state index in [0.717, 1.165) is 22.1 Å². The Morgan fingerprint density at radius 1 is 0.944 bits per heavy atom. The highest BCUT2D eigenvalue weighted by Gasteiger charge is 2.22. The zero-order valence-corrected chi connectivity index (χ0v) is 20.2. The van der Waals surface area contributed by atoms with Gasteiger partial charge in [-0.15, -0.1) is 0 Å². The molecule has 0 saturated heterocycles. The number of fused-ring (bicyclic) bond motifs is 1. The predicted octanol–water partition coefficient (Wildman–Crippen LogP) is 5.30. The van der Waals surface area contributed by atoms with Crippen LogP contribution in [0.4, 0.5) is 4.79 Å². The molecule has 3 aromatic carbocycles. The van der Waals surface area contributed by atoms with Gasteiger partial charge in [-0.2, -0.15) is 0 Å². The molecule has 1 heterocycles. The van der Waals surface area contributed by atoms with E-state index in [0.29, 0.717) is 24.0 Å². The number of carbonyl (C=O) groups excluding carboxylic acids is 2. The van der Waals surface area contributed by atoms with Gasteiger partial charge >= 0.3 is 17.7 Å². The summed E-state index contributed by atoms with van der Waals surface area (Å²) >= 11 is 0. The van der Waals surface area contributed by atoms with Crippen LogP contribution in [0, 0.1) is 6.92 Å². The molecule has 184 valence electrons. The van der Waals surface area contributed by atoms with Crippen molar-refractivity contribution in [2.75, 3.05) is 0 Å². The average molecular weight is 486 g/mol. The van der Waals surface area contributed by atoms with Gasteiger partial charge in [0.1, 0.15) is 24.0 Å². The number of amides is 1. The summed E-state index contributed by atoms with van der Waals surface area (Å²) in [5, 5.41) is 3.29. The van der Waals surface area contributed by atoms with Crippen molar-refractivity contribution in [3.63, 3.8) is 0 Å². The summed E-state index contributed by atoms with van der Waals surface area (Å²) in [7, 11) is 0. The number of hydrogen-bond donors (Lipinski definition) is 1. The number of aryl methyl sites for hydroxylation is 1. The van der Waals surface area contributed by atoms with Gasteiger partial charge in [0.05, 0.1) is 0 Å².